The molecule has 60 valence electrons. The quantitative estimate of drug-likeness (QED) is 0.614. The van der Waals surface area contributed by atoms with Gasteiger partial charge in [-0.3, -0.25) is 0 Å². The molecule has 0 aromatic heterocycles. The molecule has 0 spiro atoms. The first-order chi connectivity index (χ1) is 4.70. The minimum absolute atomic E-state index is 0.474. The normalized spacial score (nSPS) is 33.6. The molecule has 1 aliphatic rings. The van der Waals surface area contributed by atoms with Crippen molar-refractivity contribution in [3.05, 3.63) is 0 Å². The molecule has 1 aliphatic carbocycles. The van der Waals surface area contributed by atoms with Crippen molar-refractivity contribution in [1.29, 1.82) is 0 Å². The van der Waals surface area contributed by atoms with Gasteiger partial charge in [-0.05, 0) is 32.9 Å². The molecule has 0 unspecified atom stereocenters. The first-order valence-electron chi connectivity index (χ1n) is 4.10. The standard InChI is InChI=1S/C8H18N2/c1-10(2)6-7-4-3-5-8(7)9/h7-8H,3-6,9H2,1-2H3/t7-,8+/m0/s1. The zero-order valence-electron chi connectivity index (χ0n) is 7.01. The molecule has 0 bridgehead atoms. The van der Waals surface area contributed by atoms with E-state index in [1.165, 1.54) is 25.8 Å². The summed E-state index contributed by atoms with van der Waals surface area (Å²) in [6.45, 7) is 1.17. The summed E-state index contributed by atoms with van der Waals surface area (Å²) < 4.78 is 0. The van der Waals surface area contributed by atoms with E-state index < -0.39 is 0 Å². The Balaban J connectivity index is 2.26. The second kappa shape index (κ2) is 3.35. The van der Waals surface area contributed by atoms with Crippen LogP contribution in [0.5, 0.6) is 0 Å². The minimum atomic E-state index is 0.474. The van der Waals surface area contributed by atoms with Crippen molar-refractivity contribution in [2.24, 2.45) is 11.7 Å². The molecule has 0 amide bonds. The summed E-state index contributed by atoms with van der Waals surface area (Å²) in [5, 5.41) is 0. The molecule has 0 aliphatic heterocycles. The molecule has 2 N–H and O–H groups in total. The van der Waals surface area contributed by atoms with E-state index in [9.17, 15) is 0 Å². The fraction of sp³-hybridized carbons (Fsp3) is 1.00. The fourth-order valence-corrected chi connectivity index (χ4v) is 1.76. The van der Waals surface area contributed by atoms with Crippen LogP contribution in [-0.2, 0) is 0 Å². The first-order valence-corrected chi connectivity index (χ1v) is 4.10. The molecule has 1 saturated carbocycles. The number of nitrogens with zero attached hydrogens (tertiary/aromatic N) is 1. The molecule has 2 atom stereocenters. The van der Waals surface area contributed by atoms with Crippen molar-refractivity contribution in [3.8, 4) is 0 Å². The third-order valence-corrected chi connectivity index (χ3v) is 2.32. The highest BCUT2D eigenvalue weighted by Gasteiger charge is 2.23. The van der Waals surface area contributed by atoms with Crippen LogP contribution in [0.2, 0.25) is 0 Å². The van der Waals surface area contributed by atoms with Crippen LogP contribution in [-0.4, -0.2) is 31.6 Å². The maximum atomic E-state index is 5.90. The molecular formula is C8H18N2. The smallest absolute Gasteiger partial charge is 0.00793 e. The average Bonchev–Trinajstić information content (AvgIpc) is 2.15. The van der Waals surface area contributed by atoms with E-state index in [0.29, 0.717) is 6.04 Å². The molecular weight excluding hydrogens is 124 g/mol. The highest BCUT2D eigenvalue weighted by molar-refractivity contribution is 4.81. The highest BCUT2D eigenvalue weighted by atomic mass is 15.1. The van der Waals surface area contributed by atoms with Gasteiger partial charge in [0.25, 0.3) is 0 Å². The Bertz CT molecular complexity index is 101. The van der Waals surface area contributed by atoms with Crippen LogP contribution in [0, 0.1) is 5.92 Å². The van der Waals surface area contributed by atoms with Gasteiger partial charge < -0.3 is 10.6 Å². The van der Waals surface area contributed by atoms with Crippen molar-refractivity contribution in [2.75, 3.05) is 20.6 Å². The molecule has 0 aromatic carbocycles. The average molecular weight is 142 g/mol. The number of nitrogens with two attached hydrogens (primary N) is 1. The van der Waals surface area contributed by atoms with Crippen molar-refractivity contribution in [3.63, 3.8) is 0 Å². The Morgan fingerprint density at radius 3 is 2.50 bits per heavy atom. The van der Waals surface area contributed by atoms with Crippen LogP contribution >= 0.6 is 0 Å². The molecule has 10 heavy (non-hydrogen) atoms. The zero-order valence-corrected chi connectivity index (χ0v) is 7.01. The van der Waals surface area contributed by atoms with Gasteiger partial charge in [0.2, 0.25) is 0 Å². The van der Waals surface area contributed by atoms with E-state index >= 15 is 0 Å². The van der Waals surface area contributed by atoms with Gasteiger partial charge in [0.1, 0.15) is 0 Å². The lowest BCUT2D eigenvalue weighted by Crippen LogP contribution is -2.32. The van der Waals surface area contributed by atoms with Crippen LogP contribution < -0.4 is 5.73 Å². The van der Waals surface area contributed by atoms with E-state index in [1.54, 1.807) is 0 Å². The fourth-order valence-electron chi connectivity index (χ4n) is 1.76. The van der Waals surface area contributed by atoms with Crippen LogP contribution in [0.3, 0.4) is 0 Å². The van der Waals surface area contributed by atoms with E-state index in [4.69, 9.17) is 5.73 Å². The maximum absolute atomic E-state index is 5.90. The van der Waals surface area contributed by atoms with Crippen molar-refractivity contribution < 1.29 is 0 Å². The molecule has 0 saturated heterocycles. The third-order valence-electron chi connectivity index (χ3n) is 2.32. The van der Waals surface area contributed by atoms with Crippen LogP contribution in [0.4, 0.5) is 0 Å². The van der Waals surface area contributed by atoms with Gasteiger partial charge in [-0.25, -0.2) is 0 Å². The van der Waals surface area contributed by atoms with E-state index in [1.807, 2.05) is 0 Å². The van der Waals surface area contributed by atoms with Gasteiger partial charge in [-0.15, -0.1) is 0 Å². The van der Waals surface area contributed by atoms with Gasteiger partial charge in [0, 0.05) is 12.6 Å². The minimum Gasteiger partial charge on any atom is -0.327 e. The van der Waals surface area contributed by atoms with Crippen molar-refractivity contribution in [1.82, 2.24) is 4.90 Å². The molecule has 2 heteroatoms. The second-order valence-corrected chi connectivity index (χ2v) is 3.62. The van der Waals surface area contributed by atoms with E-state index in [-0.39, 0.29) is 0 Å². The van der Waals surface area contributed by atoms with Gasteiger partial charge in [-0.1, -0.05) is 6.42 Å². The number of hydrogen-bond acceptors (Lipinski definition) is 2. The van der Waals surface area contributed by atoms with Crippen molar-refractivity contribution >= 4 is 0 Å². The predicted octanol–water partition coefficient (Wildman–Crippen LogP) is 0.675. The van der Waals surface area contributed by atoms with Gasteiger partial charge in [-0.2, -0.15) is 0 Å². The second-order valence-electron chi connectivity index (χ2n) is 3.62. The zero-order chi connectivity index (χ0) is 7.56. The van der Waals surface area contributed by atoms with Gasteiger partial charge >= 0.3 is 0 Å². The summed E-state index contributed by atoms with van der Waals surface area (Å²) in [4.78, 5) is 2.23. The Hall–Kier alpha value is -0.0800. The lowest BCUT2D eigenvalue weighted by molar-refractivity contribution is 0.310. The monoisotopic (exact) mass is 142 g/mol. The predicted molar refractivity (Wildman–Crippen MR) is 43.9 cm³/mol. The van der Waals surface area contributed by atoms with Crippen LogP contribution in [0.15, 0.2) is 0 Å². The Morgan fingerprint density at radius 1 is 1.40 bits per heavy atom. The summed E-state index contributed by atoms with van der Waals surface area (Å²) in [6.07, 6.45) is 3.90. The van der Waals surface area contributed by atoms with Crippen LogP contribution in [0.25, 0.3) is 0 Å². The van der Waals surface area contributed by atoms with E-state index in [0.717, 1.165) is 5.92 Å². The topological polar surface area (TPSA) is 29.3 Å². The molecule has 1 rings (SSSR count). The highest BCUT2D eigenvalue weighted by Crippen LogP contribution is 2.23. The molecule has 0 heterocycles. The SMILES string of the molecule is CN(C)C[C@@H]1CCC[C@H]1N. The number of hydrogen-bond donors (Lipinski definition) is 1. The maximum Gasteiger partial charge on any atom is 0.00793 e. The van der Waals surface area contributed by atoms with Crippen LogP contribution in [0.1, 0.15) is 19.3 Å². The third kappa shape index (κ3) is 1.96. The summed E-state index contributed by atoms with van der Waals surface area (Å²) >= 11 is 0. The van der Waals surface area contributed by atoms with E-state index in [2.05, 4.69) is 19.0 Å². The number of rotatable bonds is 2. The van der Waals surface area contributed by atoms with Gasteiger partial charge in [0.15, 0.2) is 0 Å². The Labute approximate surface area is 63.4 Å². The Morgan fingerprint density at radius 2 is 2.10 bits per heavy atom. The molecule has 2 nitrogen and oxygen atoms in total. The summed E-state index contributed by atoms with van der Waals surface area (Å²) in [5.74, 6) is 0.759. The van der Waals surface area contributed by atoms with Gasteiger partial charge in [0.05, 0.1) is 0 Å². The lowest BCUT2D eigenvalue weighted by Gasteiger charge is -2.19. The first kappa shape index (κ1) is 8.02. The lowest BCUT2D eigenvalue weighted by atomic mass is 10.0. The summed E-state index contributed by atoms with van der Waals surface area (Å²) in [6, 6.07) is 0.474. The Kier molecular flexibility index (Phi) is 2.69. The molecule has 0 radical (unpaired) electrons. The largest absolute Gasteiger partial charge is 0.327 e. The summed E-state index contributed by atoms with van der Waals surface area (Å²) in [5.41, 5.74) is 5.90. The summed E-state index contributed by atoms with van der Waals surface area (Å²) in [7, 11) is 4.23. The van der Waals surface area contributed by atoms with Crippen molar-refractivity contribution in [2.45, 2.75) is 25.3 Å². The molecule has 0 aromatic rings. The molecule has 1 fully saturated rings.